The molecule has 7 heteroatoms. The standard InChI is InChI=1S/C11H18O7/c1-3-17-8(12)5-7(10(14)11(15)16)6-9(13)18-4-2/h7,10,14H,3-6H2,1-2H3,(H,15,16)/p-1. The summed E-state index contributed by atoms with van der Waals surface area (Å²) in [6.07, 6.45) is -2.69. The van der Waals surface area contributed by atoms with Crippen molar-refractivity contribution in [1.82, 2.24) is 0 Å². The maximum Gasteiger partial charge on any atom is 0.306 e. The van der Waals surface area contributed by atoms with Gasteiger partial charge < -0.3 is 24.5 Å². The summed E-state index contributed by atoms with van der Waals surface area (Å²) in [7, 11) is 0. The lowest BCUT2D eigenvalue weighted by atomic mass is 9.95. The Bertz CT molecular complexity index is 280. The van der Waals surface area contributed by atoms with Crippen LogP contribution in [-0.4, -0.2) is 42.3 Å². The Kier molecular flexibility index (Phi) is 7.69. The summed E-state index contributed by atoms with van der Waals surface area (Å²) in [6, 6.07) is 0. The number of rotatable bonds is 8. The van der Waals surface area contributed by atoms with Gasteiger partial charge in [-0.15, -0.1) is 0 Å². The van der Waals surface area contributed by atoms with E-state index in [-0.39, 0.29) is 26.1 Å². The molecule has 0 aromatic heterocycles. The molecule has 0 aliphatic rings. The number of aliphatic carboxylic acids is 1. The Morgan fingerprint density at radius 3 is 1.72 bits per heavy atom. The van der Waals surface area contributed by atoms with Crippen LogP contribution in [-0.2, 0) is 23.9 Å². The zero-order valence-electron chi connectivity index (χ0n) is 10.4. The Labute approximate surface area is 105 Å². The lowest BCUT2D eigenvalue weighted by molar-refractivity contribution is -0.317. The van der Waals surface area contributed by atoms with E-state index in [1.165, 1.54) is 0 Å². The first-order valence-electron chi connectivity index (χ1n) is 5.62. The molecular formula is C11H17O7-. The van der Waals surface area contributed by atoms with Gasteiger partial charge in [-0.05, 0) is 13.8 Å². The number of aliphatic hydroxyl groups excluding tert-OH is 1. The van der Waals surface area contributed by atoms with Gasteiger partial charge in [0.15, 0.2) is 0 Å². The monoisotopic (exact) mass is 261 g/mol. The molecule has 0 saturated heterocycles. The molecule has 1 atom stereocenters. The van der Waals surface area contributed by atoms with Crippen molar-refractivity contribution in [1.29, 1.82) is 0 Å². The molecule has 0 spiro atoms. The Balaban J connectivity index is 4.56. The normalized spacial score (nSPS) is 12.0. The van der Waals surface area contributed by atoms with Crippen LogP contribution >= 0.6 is 0 Å². The number of carboxylic acids is 1. The predicted octanol–water partition coefficient (Wildman–Crippen LogP) is -1.38. The van der Waals surface area contributed by atoms with E-state index >= 15 is 0 Å². The van der Waals surface area contributed by atoms with Gasteiger partial charge in [0.1, 0.15) is 0 Å². The first-order chi connectivity index (χ1) is 8.42. The average molecular weight is 261 g/mol. The second kappa shape index (κ2) is 8.46. The predicted molar refractivity (Wildman–Crippen MR) is 57.0 cm³/mol. The molecule has 0 aromatic carbocycles. The third kappa shape index (κ3) is 6.19. The molecule has 0 aliphatic carbocycles. The number of aliphatic hydroxyl groups is 1. The SMILES string of the molecule is CCOC(=O)CC(CC(=O)OCC)C(O)C(=O)[O-]. The fourth-order valence-electron chi connectivity index (χ4n) is 1.36. The first kappa shape index (κ1) is 16.4. The van der Waals surface area contributed by atoms with Crippen molar-refractivity contribution >= 4 is 17.9 Å². The molecular weight excluding hydrogens is 244 g/mol. The highest BCUT2D eigenvalue weighted by molar-refractivity contribution is 5.77. The zero-order chi connectivity index (χ0) is 14.1. The maximum absolute atomic E-state index is 11.2. The summed E-state index contributed by atoms with van der Waals surface area (Å²) < 4.78 is 9.26. The van der Waals surface area contributed by atoms with Crippen LogP contribution in [0.4, 0.5) is 0 Å². The summed E-state index contributed by atoms with van der Waals surface area (Å²) in [5, 5.41) is 19.9. The Morgan fingerprint density at radius 2 is 1.44 bits per heavy atom. The summed E-state index contributed by atoms with van der Waals surface area (Å²) in [5.41, 5.74) is 0. The Morgan fingerprint density at radius 1 is 1.06 bits per heavy atom. The van der Waals surface area contributed by atoms with E-state index in [1.807, 2.05) is 0 Å². The van der Waals surface area contributed by atoms with Gasteiger partial charge in [0.25, 0.3) is 0 Å². The lowest BCUT2D eigenvalue weighted by Gasteiger charge is -2.21. The van der Waals surface area contributed by atoms with Gasteiger partial charge >= 0.3 is 11.9 Å². The van der Waals surface area contributed by atoms with Crippen LogP contribution in [0.3, 0.4) is 0 Å². The number of carbonyl (C=O) groups excluding carboxylic acids is 3. The van der Waals surface area contributed by atoms with Crippen molar-refractivity contribution in [2.75, 3.05) is 13.2 Å². The van der Waals surface area contributed by atoms with Crippen LogP contribution in [0.5, 0.6) is 0 Å². The van der Waals surface area contributed by atoms with Crippen molar-refractivity contribution in [2.45, 2.75) is 32.8 Å². The van der Waals surface area contributed by atoms with E-state index in [1.54, 1.807) is 13.8 Å². The van der Waals surface area contributed by atoms with Crippen LogP contribution in [0.2, 0.25) is 0 Å². The number of carbonyl (C=O) groups is 3. The largest absolute Gasteiger partial charge is 0.547 e. The summed E-state index contributed by atoms with van der Waals surface area (Å²) in [4.78, 5) is 33.0. The number of esters is 2. The molecule has 0 radical (unpaired) electrons. The van der Waals surface area contributed by atoms with E-state index in [9.17, 15) is 24.6 Å². The highest BCUT2D eigenvalue weighted by Crippen LogP contribution is 2.16. The summed E-state index contributed by atoms with van der Waals surface area (Å²) >= 11 is 0. The fraction of sp³-hybridized carbons (Fsp3) is 0.727. The third-order valence-electron chi connectivity index (χ3n) is 2.16. The minimum Gasteiger partial charge on any atom is -0.547 e. The highest BCUT2D eigenvalue weighted by Gasteiger charge is 2.27. The summed E-state index contributed by atoms with van der Waals surface area (Å²) in [5.74, 6) is -4.24. The molecule has 0 aromatic rings. The molecule has 0 rings (SSSR count). The van der Waals surface area contributed by atoms with Crippen molar-refractivity contribution in [3.63, 3.8) is 0 Å². The van der Waals surface area contributed by atoms with E-state index in [2.05, 4.69) is 9.47 Å². The molecule has 7 nitrogen and oxygen atoms in total. The minimum atomic E-state index is -1.92. The van der Waals surface area contributed by atoms with Crippen molar-refractivity contribution in [2.24, 2.45) is 5.92 Å². The molecule has 1 unspecified atom stereocenters. The van der Waals surface area contributed by atoms with E-state index in [4.69, 9.17) is 0 Å². The molecule has 0 amide bonds. The van der Waals surface area contributed by atoms with Crippen LogP contribution < -0.4 is 5.11 Å². The number of carboxylic acid groups (broad SMARTS) is 1. The number of hydrogen-bond acceptors (Lipinski definition) is 7. The molecule has 0 heterocycles. The number of ether oxygens (including phenoxy) is 2. The molecule has 0 bridgehead atoms. The van der Waals surface area contributed by atoms with Gasteiger partial charge in [0, 0.05) is 5.92 Å². The summed E-state index contributed by atoms with van der Waals surface area (Å²) in [6.45, 7) is 3.44. The average Bonchev–Trinajstić information content (AvgIpc) is 2.27. The topological polar surface area (TPSA) is 113 Å². The van der Waals surface area contributed by atoms with Gasteiger partial charge in [-0.25, -0.2) is 0 Å². The van der Waals surface area contributed by atoms with Crippen LogP contribution in [0.25, 0.3) is 0 Å². The van der Waals surface area contributed by atoms with Gasteiger partial charge in [0.2, 0.25) is 0 Å². The van der Waals surface area contributed by atoms with Crippen molar-refractivity contribution in [3.8, 4) is 0 Å². The van der Waals surface area contributed by atoms with Gasteiger partial charge in [-0.1, -0.05) is 0 Å². The molecule has 0 fully saturated rings. The fourth-order valence-corrected chi connectivity index (χ4v) is 1.36. The second-order valence-corrected chi connectivity index (χ2v) is 3.54. The highest BCUT2D eigenvalue weighted by atomic mass is 16.5. The van der Waals surface area contributed by atoms with Crippen molar-refractivity contribution < 1.29 is 34.1 Å². The van der Waals surface area contributed by atoms with E-state index < -0.39 is 29.9 Å². The van der Waals surface area contributed by atoms with Gasteiger partial charge in [-0.2, -0.15) is 0 Å². The first-order valence-corrected chi connectivity index (χ1v) is 5.62. The quantitative estimate of drug-likeness (QED) is 0.536. The van der Waals surface area contributed by atoms with Gasteiger partial charge in [0.05, 0.1) is 38.1 Å². The van der Waals surface area contributed by atoms with E-state index in [0.29, 0.717) is 0 Å². The van der Waals surface area contributed by atoms with Crippen LogP contribution in [0.1, 0.15) is 26.7 Å². The molecule has 1 N–H and O–H groups in total. The Hall–Kier alpha value is -1.63. The molecule has 0 saturated carbocycles. The third-order valence-corrected chi connectivity index (χ3v) is 2.16. The molecule has 0 aliphatic heterocycles. The lowest BCUT2D eigenvalue weighted by Crippen LogP contribution is -2.42. The van der Waals surface area contributed by atoms with Crippen molar-refractivity contribution in [3.05, 3.63) is 0 Å². The van der Waals surface area contributed by atoms with E-state index in [0.717, 1.165) is 0 Å². The number of hydrogen-bond donors (Lipinski definition) is 1. The maximum atomic E-state index is 11.2. The van der Waals surface area contributed by atoms with Crippen LogP contribution in [0.15, 0.2) is 0 Å². The second-order valence-electron chi connectivity index (χ2n) is 3.54. The van der Waals surface area contributed by atoms with Gasteiger partial charge in [-0.3, -0.25) is 9.59 Å². The van der Waals surface area contributed by atoms with Crippen LogP contribution in [0, 0.1) is 5.92 Å². The molecule has 18 heavy (non-hydrogen) atoms. The minimum absolute atomic E-state index is 0.131. The zero-order valence-corrected chi connectivity index (χ0v) is 10.4. The molecule has 104 valence electrons. The smallest absolute Gasteiger partial charge is 0.306 e.